The molecule has 3 rings (SSSR count). The first-order valence-electron chi connectivity index (χ1n) is 7.59. The molecule has 0 bridgehead atoms. The van der Waals surface area contributed by atoms with Crippen molar-refractivity contribution in [3.63, 3.8) is 0 Å². The zero-order chi connectivity index (χ0) is 16.2. The first kappa shape index (κ1) is 16.0. The molecule has 5 nitrogen and oxygen atoms in total. The quantitative estimate of drug-likeness (QED) is 0.896. The monoisotopic (exact) mass is 374 g/mol. The van der Waals surface area contributed by atoms with E-state index in [0.717, 1.165) is 36.3 Å². The summed E-state index contributed by atoms with van der Waals surface area (Å²) < 4.78 is 0.972. The van der Waals surface area contributed by atoms with E-state index in [2.05, 4.69) is 38.2 Å². The van der Waals surface area contributed by atoms with Gasteiger partial charge in [-0.25, -0.2) is 4.98 Å². The first-order valence-corrected chi connectivity index (χ1v) is 8.38. The van der Waals surface area contributed by atoms with E-state index in [1.54, 1.807) is 6.20 Å². The Labute approximate surface area is 144 Å². The standard InChI is InChI=1S/C17H19BrN4O/c1-21-8-10-22(11-9-21)17(23)13-6-7-16(19-12-13)20-15-5-3-2-4-14(15)18/h2-7,12H,8-11H2,1H3,(H,19,20). The van der Waals surface area contributed by atoms with Crippen molar-refractivity contribution in [1.29, 1.82) is 0 Å². The molecule has 0 atom stereocenters. The van der Waals surface area contributed by atoms with Crippen LogP contribution in [-0.2, 0) is 0 Å². The third-order valence-electron chi connectivity index (χ3n) is 3.94. The van der Waals surface area contributed by atoms with Crippen LogP contribution in [-0.4, -0.2) is 53.9 Å². The van der Waals surface area contributed by atoms with Gasteiger partial charge in [0.15, 0.2) is 0 Å². The van der Waals surface area contributed by atoms with Crippen molar-refractivity contribution >= 4 is 33.3 Å². The molecule has 1 aromatic heterocycles. The van der Waals surface area contributed by atoms with Crippen LogP contribution in [0.2, 0.25) is 0 Å². The third kappa shape index (κ3) is 3.89. The van der Waals surface area contributed by atoms with Crippen molar-refractivity contribution in [2.24, 2.45) is 0 Å². The molecule has 1 N–H and O–H groups in total. The summed E-state index contributed by atoms with van der Waals surface area (Å²) in [5.74, 6) is 0.768. The molecule has 2 aromatic rings. The fourth-order valence-corrected chi connectivity index (χ4v) is 2.87. The van der Waals surface area contributed by atoms with Crippen molar-refractivity contribution in [2.45, 2.75) is 0 Å². The lowest BCUT2D eigenvalue weighted by Crippen LogP contribution is -2.47. The Balaban J connectivity index is 1.67. The van der Waals surface area contributed by atoms with Gasteiger partial charge in [-0.3, -0.25) is 4.79 Å². The molecule has 1 fully saturated rings. The number of carbonyl (C=O) groups excluding carboxylic acids is 1. The van der Waals surface area contributed by atoms with E-state index in [9.17, 15) is 4.79 Å². The van der Waals surface area contributed by atoms with Crippen LogP contribution < -0.4 is 5.32 Å². The van der Waals surface area contributed by atoms with Gasteiger partial charge in [-0.05, 0) is 47.2 Å². The van der Waals surface area contributed by atoms with Gasteiger partial charge in [0.05, 0.1) is 11.3 Å². The Morgan fingerprint density at radius 2 is 1.87 bits per heavy atom. The number of benzene rings is 1. The number of piperazine rings is 1. The molecular formula is C17H19BrN4O. The number of hydrogen-bond donors (Lipinski definition) is 1. The van der Waals surface area contributed by atoms with Gasteiger partial charge in [-0.1, -0.05) is 12.1 Å². The molecule has 0 radical (unpaired) electrons. The highest BCUT2D eigenvalue weighted by atomic mass is 79.9. The molecule has 120 valence electrons. The summed E-state index contributed by atoms with van der Waals surface area (Å²) >= 11 is 3.49. The number of carbonyl (C=O) groups is 1. The van der Waals surface area contributed by atoms with Gasteiger partial charge >= 0.3 is 0 Å². The van der Waals surface area contributed by atoms with Gasteiger partial charge in [0.2, 0.25) is 0 Å². The highest BCUT2D eigenvalue weighted by Crippen LogP contribution is 2.24. The van der Waals surface area contributed by atoms with Crippen molar-refractivity contribution < 1.29 is 4.79 Å². The molecule has 0 spiro atoms. The Morgan fingerprint density at radius 3 is 2.52 bits per heavy atom. The lowest BCUT2D eigenvalue weighted by atomic mass is 10.2. The largest absolute Gasteiger partial charge is 0.339 e. The lowest BCUT2D eigenvalue weighted by Gasteiger charge is -2.32. The van der Waals surface area contributed by atoms with Gasteiger partial charge in [0.1, 0.15) is 5.82 Å². The second-order valence-corrected chi connectivity index (χ2v) is 6.49. The fourth-order valence-electron chi connectivity index (χ4n) is 2.49. The number of halogens is 1. The van der Waals surface area contributed by atoms with Gasteiger partial charge < -0.3 is 15.1 Å². The number of anilines is 2. The number of aromatic nitrogens is 1. The van der Waals surface area contributed by atoms with E-state index in [4.69, 9.17) is 0 Å². The van der Waals surface area contributed by atoms with Crippen molar-refractivity contribution in [1.82, 2.24) is 14.8 Å². The molecule has 1 aromatic carbocycles. The maximum atomic E-state index is 12.5. The summed E-state index contributed by atoms with van der Waals surface area (Å²) in [6.45, 7) is 3.38. The van der Waals surface area contributed by atoms with Crippen LogP contribution in [0.4, 0.5) is 11.5 Å². The first-order chi connectivity index (χ1) is 11.1. The van der Waals surface area contributed by atoms with Crippen molar-refractivity contribution in [3.05, 3.63) is 52.6 Å². The van der Waals surface area contributed by atoms with Crippen molar-refractivity contribution in [3.8, 4) is 0 Å². The number of rotatable bonds is 3. The minimum Gasteiger partial charge on any atom is -0.339 e. The van der Waals surface area contributed by atoms with Crippen LogP contribution in [0.3, 0.4) is 0 Å². The van der Waals surface area contributed by atoms with E-state index in [-0.39, 0.29) is 5.91 Å². The fraction of sp³-hybridized carbons (Fsp3) is 0.294. The predicted molar refractivity (Wildman–Crippen MR) is 95.1 cm³/mol. The Kier molecular flexibility index (Phi) is 4.93. The average Bonchev–Trinajstić information content (AvgIpc) is 2.58. The number of amides is 1. The molecule has 0 saturated carbocycles. The molecule has 23 heavy (non-hydrogen) atoms. The zero-order valence-electron chi connectivity index (χ0n) is 13.0. The highest BCUT2D eigenvalue weighted by Gasteiger charge is 2.20. The van der Waals surface area contributed by atoms with E-state index in [1.165, 1.54) is 0 Å². The summed E-state index contributed by atoms with van der Waals surface area (Å²) in [5.41, 5.74) is 1.57. The minimum atomic E-state index is 0.0537. The van der Waals surface area contributed by atoms with Gasteiger partial charge in [-0.2, -0.15) is 0 Å². The molecule has 6 heteroatoms. The Bertz CT molecular complexity index is 681. The summed E-state index contributed by atoms with van der Waals surface area (Å²) in [4.78, 5) is 20.9. The topological polar surface area (TPSA) is 48.5 Å². The predicted octanol–water partition coefficient (Wildman–Crippen LogP) is 2.98. The number of likely N-dealkylation sites (N-methyl/N-ethyl adjacent to an activating group) is 1. The molecule has 1 amide bonds. The highest BCUT2D eigenvalue weighted by molar-refractivity contribution is 9.10. The molecule has 1 aliphatic heterocycles. The maximum absolute atomic E-state index is 12.5. The van der Waals surface area contributed by atoms with Crippen LogP contribution in [0, 0.1) is 0 Å². The molecular weight excluding hydrogens is 356 g/mol. The third-order valence-corrected chi connectivity index (χ3v) is 4.63. The number of pyridine rings is 1. The molecule has 0 unspecified atom stereocenters. The summed E-state index contributed by atoms with van der Waals surface area (Å²) in [5, 5.41) is 3.23. The second-order valence-electron chi connectivity index (χ2n) is 5.63. The molecule has 1 aliphatic rings. The summed E-state index contributed by atoms with van der Waals surface area (Å²) in [7, 11) is 2.07. The van der Waals surface area contributed by atoms with Crippen LogP contribution >= 0.6 is 15.9 Å². The minimum absolute atomic E-state index is 0.0537. The van der Waals surface area contributed by atoms with Crippen LogP contribution in [0.25, 0.3) is 0 Å². The number of nitrogens with one attached hydrogen (secondary N) is 1. The zero-order valence-corrected chi connectivity index (χ0v) is 14.6. The average molecular weight is 375 g/mol. The van der Waals surface area contributed by atoms with E-state index >= 15 is 0 Å². The smallest absolute Gasteiger partial charge is 0.255 e. The van der Waals surface area contributed by atoms with Gasteiger partial charge in [-0.15, -0.1) is 0 Å². The van der Waals surface area contributed by atoms with Crippen LogP contribution in [0.15, 0.2) is 47.1 Å². The normalized spacial score (nSPS) is 15.5. The number of hydrogen-bond acceptors (Lipinski definition) is 4. The lowest BCUT2D eigenvalue weighted by molar-refractivity contribution is 0.0663. The van der Waals surface area contributed by atoms with Gasteiger partial charge in [0.25, 0.3) is 5.91 Å². The Hall–Kier alpha value is -1.92. The molecule has 1 saturated heterocycles. The van der Waals surface area contributed by atoms with E-state index in [1.807, 2.05) is 41.3 Å². The summed E-state index contributed by atoms with van der Waals surface area (Å²) in [6.07, 6.45) is 1.64. The Morgan fingerprint density at radius 1 is 1.13 bits per heavy atom. The van der Waals surface area contributed by atoms with Crippen LogP contribution in [0.5, 0.6) is 0 Å². The van der Waals surface area contributed by atoms with Gasteiger partial charge in [0, 0.05) is 36.8 Å². The second kappa shape index (κ2) is 7.10. The summed E-state index contributed by atoms with van der Waals surface area (Å²) in [6, 6.07) is 11.5. The van der Waals surface area contributed by atoms with E-state index in [0.29, 0.717) is 11.4 Å². The number of para-hydroxylation sites is 1. The molecule has 2 heterocycles. The van der Waals surface area contributed by atoms with Crippen molar-refractivity contribution in [2.75, 3.05) is 38.5 Å². The maximum Gasteiger partial charge on any atom is 0.255 e. The SMILES string of the molecule is CN1CCN(C(=O)c2ccc(Nc3ccccc3Br)nc2)CC1. The van der Waals surface area contributed by atoms with E-state index < -0.39 is 0 Å². The molecule has 0 aliphatic carbocycles. The number of nitrogens with zero attached hydrogens (tertiary/aromatic N) is 3. The van der Waals surface area contributed by atoms with Crippen LogP contribution in [0.1, 0.15) is 10.4 Å².